The predicted molar refractivity (Wildman–Crippen MR) is 81.2 cm³/mol. The van der Waals surface area contributed by atoms with Gasteiger partial charge < -0.3 is 10.4 Å². The fourth-order valence-electron chi connectivity index (χ4n) is 2.81. The first-order valence-corrected chi connectivity index (χ1v) is 7.56. The topological polar surface area (TPSA) is 63.0 Å². The fraction of sp³-hybridized carbons (Fsp3) is 0.500. The molecule has 0 aliphatic heterocycles. The minimum Gasteiger partial charge on any atom is -0.396 e. The molecular weight excluding hydrogens is 264 g/mol. The lowest BCUT2D eigenvalue weighted by atomic mass is 10.1. The molecule has 0 spiro atoms. The van der Waals surface area contributed by atoms with E-state index in [-0.39, 0.29) is 6.61 Å². The molecule has 1 fully saturated rings. The number of aliphatic hydroxyl groups is 1. The van der Waals surface area contributed by atoms with E-state index in [1.165, 1.54) is 24.0 Å². The summed E-state index contributed by atoms with van der Waals surface area (Å²) in [7, 11) is 0. The van der Waals surface area contributed by atoms with Gasteiger partial charge in [-0.2, -0.15) is 5.10 Å². The third kappa shape index (κ3) is 3.49. The molecule has 2 N–H and O–H groups in total. The van der Waals surface area contributed by atoms with Gasteiger partial charge in [-0.05, 0) is 49.3 Å². The lowest BCUT2D eigenvalue weighted by molar-refractivity contribution is 0.256. The Morgan fingerprint density at radius 2 is 2.29 bits per heavy atom. The number of aromatic nitrogens is 3. The van der Waals surface area contributed by atoms with Crippen LogP contribution in [-0.4, -0.2) is 32.5 Å². The van der Waals surface area contributed by atoms with Crippen LogP contribution in [-0.2, 0) is 6.54 Å². The average molecular weight is 286 g/mol. The number of nitrogens with one attached hydrogen (secondary N) is 1. The van der Waals surface area contributed by atoms with E-state index in [1.807, 2.05) is 0 Å². The molecule has 5 nitrogen and oxygen atoms in total. The molecule has 0 bridgehead atoms. The Bertz CT molecular complexity index is 578. The first-order valence-electron chi connectivity index (χ1n) is 7.56. The Labute approximate surface area is 125 Å². The first kappa shape index (κ1) is 14.2. The second kappa shape index (κ2) is 6.37. The normalized spacial score (nSPS) is 16.1. The summed E-state index contributed by atoms with van der Waals surface area (Å²) in [4.78, 5) is 3.98. The number of nitrogens with zero attached hydrogens (tertiary/aromatic N) is 3. The van der Waals surface area contributed by atoms with Crippen molar-refractivity contribution in [2.45, 2.75) is 38.8 Å². The minimum atomic E-state index is 0.262. The van der Waals surface area contributed by atoms with Crippen LogP contribution in [0.4, 0.5) is 0 Å². The van der Waals surface area contributed by atoms with Crippen LogP contribution in [0.5, 0.6) is 0 Å². The standard InChI is InChI=1S/C16H22N4O/c1-12-8-13(2-5-16(12)20-11-17-10-19-20)9-18-15(6-7-21)14-3-4-14/h2,5,8,10-11,14-15,18,21H,3-4,6-7,9H2,1H3. The average Bonchev–Trinajstić information content (AvgIpc) is 3.19. The van der Waals surface area contributed by atoms with Gasteiger partial charge in [-0.1, -0.05) is 12.1 Å². The number of aryl methyl sites for hydroxylation is 1. The zero-order valence-corrected chi connectivity index (χ0v) is 12.4. The van der Waals surface area contributed by atoms with Crippen molar-refractivity contribution < 1.29 is 5.11 Å². The summed E-state index contributed by atoms with van der Waals surface area (Å²) in [5.41, 5.74) is 3.51. The van der Waals surface area contributed by atoms with Gasteiger partial charge >= 0.3 is 0 Å². The van der Waals surface area contributed by atoms with E-state index in [4.69, 9.17) is 5.11 Å². The van der Waals surface area contributed by atoms with Crippen LogP contribution >= 0.6 is 0 Å². The molecule has 0 amide bonds. The van der Waals surface area contributed by atoms with Gasteiger partial charge in [0.2, 0.25) is 0 Å². The van der Waals surface area contributed by atoms with E-state index < -0.39 is 0 Å². The molecule has 1 aromatic carbocycles. The third-order valence-corrected chi connectivity index (χ3v) is 4.13. The van der Waals surface area contributed by atoms with Gasteiger partial charge in [0.25, 0.3) is 0 Å². The van der Waals surface area contributed by atoms with E-state index in [1.54, 1.807) is 17.3 Å². The summed E-state index contributed by atoms with van der Waals surface area (Å²) in [6.07, 6.45) is 6.69. The maximum atomic E-state index is 9.14. The van der Waals surface area contributed by atoms with Crippen molar-refractivity contribution in [3.8, 4) is 5.69 Å². The van der Waals surface area contributed by atoms with E-state index in [2.05, 4.69) is 40.5 Å². The summed E-state index contributed by atoms with van der Waals surface area (Å²) in [6.45, 7) is 3.20. The van der Waals surface area contributed by atoms with E-state index in [9.17, 15) is 0 Å². The zero-order chi connectivity index (χ0) is 14.7. The van der Waals surface area contributed by atoms with E-state index in [0.717, 1.165) is 24.6 Å². The molecular formula is C16H22N4O. The molecule has 3 rings (SSSR count). The third-order valence-electron chi connectivity index (χ3n) is 4.13. The Kier molecular flexibility index (Phi) is 4.31. The number of benzene rings is 1. The fourth-order valence-corrected chi connectivity index (χ4v) is 2.81. The van der Waals surface area contributed by atoms with Gasteiger partial charge in [0.1, 0.15) is 12.7 Å². The number of hydrogen-bond donors (Lipinski definition) is 2. The van der Waals surface area contributed by atoms with Gasteiger partial charge in [-0.25, -0.2) is 9.67 Å². The summed E-state index contributed by atoms with van der Waals surface area (Å²) >= 11 is 0. The number of hydrogen-bond acceptors (Lipinski definition) is 4. The maximum absolute atomic E-state index is 9.14. The highest BCUT2D eigenvalue weighted by Crippen LogP contribution is 2.34. The van der Waals surface area contributed by atoms with Gasteiger partial charge in [-0.3, -0.25) is 0 Å². The lowest BCUT2D eigenvalue weighted by Crippen LogP contribution is -2.31. The SMILES string of the molecule is Cc1cc(CNC(CCO)C2CC2)ccc1-n1cncn1. The van der Waals surface area contributed by atoms with Gasteiger partial charge in [0.15, 0.2) is 0 Å². The smallest absolute Gasteiger partial charge is 0.138 e. The Balaban J connectivity index is 1.65. The van der Waals surface area contributed by atoms with Crippen LogP contribution in [0.2, 0.25) is 0 Å². The molecule has 1 aromatic heterocycles. The Morgan fingerprint density at radius 3 is 2.90 bits per heavy atom. The molecule has 5 heteroatoms. The molecule has 1 atom stereocenters. The summed E-state index contributed by atoms with van der Waals surface area (Å²) in [5, 5.41) is 16.9. The zero-order valence-electron chi connectivity index (χ0n) is 12.4. The summed E-state index contributed by atoms with van der Waals surface area (Å²) in [5.74, 6) is 0.757. The Morgan fingerprint density at radius 1 is 1.43 bits per heavy atom. The highest BCUT2D eigenvalue weighted by Gasteiger charge is 2.30. The molecule has 1 saturated carbocycles. The molecule has 112 valence electrons. The van der Waals surface area contributed by atoms with Crippen LogP contribution in [0, 0.1) is 12.8 Å². The minimum absolute atomic E-state index is 0.262. The molecule has 1 heterocycles. The first-order chi connectivity index (χ1) is 10.3. The molecule has 0 radical (unpaired) electrons. The second-order valence-electron chi connectivity index (χ2n) is 5.80. The number of rotatable bonds is 7. The summed E-state index contributed by atoms with van der Waals surface area (Å²) in [6, 6.07) is 6.84. The number of aliphatic hydroxyl groups excluding tert-OH is 1. The van der Waals surface area contributed by atoms with Crippen molar-refractivity contribution in [2.24, 2.45) is 5.92 Å². The highest BCUT2D eigenvalue weighted by atomic mass is 16.3. The van der Waals surface area contributed by atoms with Gasteiger partial charge in [-0.15, -0.1) is 0 Å². The van der Waals surface area contributed by atoms with Gasteiger partial charge in [0, 0.05) is 19.2 Å². The van der Waals surface area contributed by atoms with Gasteiger partial charge in [0.05, 0.1) is 5.69 Å². The molecule has 1 unspecified atom stereocenters. The Hall–Kier alpha value is -1.72. The molecule has 1 aliphatic carbocycles. The van der Waals surface area contributed by atoms with Crippen LogP contribution in [0.1, 0.15) is 30.4 Å². The molecule has 0 saturated heterocycles. The second-order valence-corrected chi connectivity index (χ2v) is 5.80. The molecule has 1 aliphatic rings. The molecule has 21 heavy (non-hydrogen) atoms. The van der Waals surface area contributed by atoms with Crippen LogP contribution < -0.4 is 5.32 Å². The predicted octanol–water partition coefficient (Wildman–Crippen LogP) is 1.83. The quantitative estimate of drug-likeness (QED) is 0.815. The largest absolute Gasteiger partial charge is 0.396 e. The van der Waals surface area contributed by atoms with Crippen molar-refractivity contribution in [3.05, 3.63) is 42.0 Å². The summed E-state index contributed by atoms with van der Waals surface area (Å²) < 4.78 is 1.78. The highest BCUT2D eigenvalue weighted by molar-refractivity contribution is 5.41. The maximum Gasteiger partial charge on any atom is 0.138 e. The van der Waals surface area contributed by atoms with Crippen molar-refractivity contribution in [3.63, 3.8) is 0 Å². The van der Waals surface area contributed by atoms with E-state index in [0.29, 0.717) is 6.04 Å². The van der Waals surface area contributed by atoms with Crippen molar-refractivity contribution >= 4 is 0 Å². The van der Waals surface area contributed by atoms with E-state index >= 15 is 0 Å². The van der Waals surface area contributed by atoms with Crippen molar-refractivity contribution in [1.29, 1.82) is 0 Å². The molecule has 2 aromatic rings. The van der Waals surface area contributed by atoms with Crippen molar-refractivity contribution in [1.82, 2.24) is 20.1 Å². The monoisotopic (exact) mass is 286 g/mol. The lowest BCUT2D eigenvalue weighted by Gasteiger charge is -2.17. The van der Waals surface area contributed by atoms with Crippen LogP contribution in [0.25, 0.3) is 5.69 Å². The van der Waals surface area contributed by atoms with Crippen LogP contribution in [0.3, 0.4) is 0 Å². The van der Waals surface area contributed by atoms with Crippen LogP contribution in [0.15, 0.2) is 30.9 Å². The van der Waals surface area contributed by atoms with Crippen molar-refractivity contribution in [2.75, 3.05) is 6.61 Å².